The molecule has 27 heavy (non-hydrogen) atoms. The molecule has 6 heteroatoms. The molecular weight excluding hydrogens is 340 g/mol. The normalized spacial score (nSPS) is 13.6. The largest absolute Gasteiger partial charge is 0.376 e. The fourth-order valence-electron chi connectivity index (χ4n) is 3.55. The highest BCUT2D eigenvalue weighted by Gasteiger charge is 2.20. The lowest BCUT2D eigenvalue weighted by atomic mass is 10.1. The molecule has 0 spiro atoms. The third kappa shape index (κ3) is 5.40. The van der Waals surface area contributed by atoms with Gasteiger partial charge in [-0.15, -0.1) is 0 Å². The third-order valence-electron chi connectivity index (χ3n) is 5.12. The van der Waals surface area contributed by atoms with E-state index in [1.807, 2.05) is 17.8 Å². The van der Waals surface area contributed by atoms with Gasteiger partial charge in [-0.25, -0.2) is 0 Å². The molecule has 0 unspecified atom stereocenters. The van der Waals surface area contributed by atoms with Crippen molar-refractivity contribution in [2.24, 2.45) is 7.05 Å². The van der Waals surface area contributed by atoms with Crippen LogP contribution in [0.25, 0.3) is 0 Å². The molecule has 0 aliphatic carbocycles. The zero-order chi connectivity index (χ0) is 19.1. The van der Waals surface area contributed by atoms with E-state index in [0.717, 1.165) is 38.4 Å². The molecule has 0 fully saturated rings. The van der Waals surface area contributed by atoms with Gasteiger partial charge in [0.2, 0.25) is 5.91 Å². The summed E-state index contributed by atoms with van der Waals surface area (Å²) in [7, 11) is 1.97. The molecule has 1 aromatic heterocycles. The van der Waals surface area contributed by atoms with E-state index >= 15 is 0 Å². The Labute approximate surface area is 161 Å². The molecule has 0 bridgehead atoms. The monoisotopic (exact) mass is 370 g/mol. The van der Waals surface area contributed by atoms with Gasteiger partial charge >= 0.3 is 0 Å². The Balaban J connectivity index is 1.41. The molecule has 0 atom stereocenters. The molecule has 0 radical (unpaired) electrons. The number of ether oxygens (including phenoxy) is 1. The van der Waals surface area contributed by atoms with Crippen LogP contribution in [0.3, 0.4) is 0 Å². The van der Waals surface area contributed by atoms with Crippen molar-refractivity contribution in [3.8, 4) is 0 Å². The molecule has 1 aliphatic heterocycles. The van der Waals surface area contributed by atoms with Gasteiger partial charge in [0.25, 0.3) is 0 Å². The number of nitrogens with zero attached hydrogens (tertiary/aromatic N) is 3. The van der Waals surface area contributed by atoms with E-state index in [4.69, 9.17) is 4.74 Å². The third-order valence-corrected chi connectivity index (χ3v) is 5.12. The highest BCUT2D eigenvalue weighted by molar-refractivity contribution is 5.76. The summed E-state index contributed by atoms with van der Waals surface area (Å²) < 4.78 is 7.49. The van der Waals surface area contributed by atoms with E-state index in [1.165, 1.54) is 16.8 Å². The number of carbonyl (C=O) groups is 1. The van der Waals surface area contributed by atoms with E-state index in [0.29, 0.717) is 26.0 Å². The molecule has 0 saturated carbocycles. The first-order chi connectivity index (χ1) is 13.2. The number of benzene rings is 1. The zero-order valence-electron chi connectivity index (χ0n) is 16.4. The van der Waals surface area contributed by atoms with Gasteiger partial charge in [0.05, 0.1) is 18.9 Å². The highest BCUT2D eigenvalue weighted by Crippen LogP contribution is 2.21. The van der Waals surface area contributed by atoms with E-state index in [9.17, 15) is 4.79 Å². The van der Waals surface area contributed by atoms with E-state index in [-0.39, 0.29) is 5.91 Å². The number of fused-ring (bicyclic) bond motifs is 1. The van der Waals surface area contributed by atoms with E-state index < -0.39 is 0 Å². The van der Waals surface area contributed by atoms with Crippen LogP contribution in [-0.4, -0.2) is 46.8 Å². The first-order valence-electron chi connectivity index (χ1n) is 9.81. The SMILES string of the molecule is CCN(CCNC(=O)CCc1nn(C)c2c1COCC2)Cc1ccccc1. The number of nitrogens with one attached hydrogen (secondary N) is 1. The minimum absolute atomic E-state index is 0.0851. The van der Waals surface area contributed by atoms with Crippen LogP contribution >= 0.6 is 0 Å². The number of likely N-dealkylation sites (N-methyl/N-ethyl adjacent to an activating group) is 1. The summed E-state index contributed by atoms with van der Waals surface area (Å²) in [6.45, 7) is 6.91. The Hall–Kier alpha value is -2.18. The Morgan fingerprint density at radius 3 is 2.93 bits per heavy atom. The average Bonchev–Trinajstić information content (AvgIpc) is 3.02. The minimum atomic E-state index is 0.0851. The van der Waals surface area contributed by atoms with Crippen molar-refractivity contribution in [2.75, 3.05) is 26.2 Å². The van der Waals surface area contributed by atoms with Crippen molar-refractivity contribution in [3.63, 3.8) is 0 Å². The fourth-order valence-corrected chi connectivity index (χ4v) is 3.55. The maximum Gasteiger partial charge on any atom is 0.220 e. The van der Waals surface area contributed by atoms with Gasteiger partial charge in [-0.05, 0) is 12.1 Å². The van der Waals surface area contributed by atoms with Crippen molar-refractivity contribution in [1.29, 1.82) is 0 Å². The van der Waals surface area contributed by atoms with E-state index in [1.54, 1.807) is 0 Å². The molecule has 2 aromatic rings. The second-order valence-electron chi connectivity index (χ2n) is 7.00. The summed E-state index contributed by atoms with van der Waals surface area (Å²) >= 11 is 0. The van der Waals surface area contributed by atoms with Crippen LogP contribution in [0.5, 0.6) is 0 Å². The van der Waals surface area contributed by atoms with Gasteiger partial charge in [0.1, 0.15) is 0 Å². The van der Waals surface area contributed by atoms with Gasteiger partial charge in [0, 0.05) is 57.2 Å². The number of aromatic nitrogens is 2. The van der Waals surface area contributed by atoms with Crippen molar-refractivity contribution < 1.29 is 9.53 Å². The number of hydrogen-bond donors (Lipinski definition) is 1. The standard InChI is InChI=1S/C21H30N4O2/c1-3-25(15-17-7-5-4-6-8-17)13-12-22-21(26)10-9-19-18-16-27-14-11-20(18)24(2)23-19/h4-8H,3,9-16H2,1-2H3,(H,22,26). The summed E-state index contributed by atoms with van der Waals surface area (Å²) in [5.41, 5.74) is 4.72. The molecule has 1 amide bonds. The Bertz CT molecular complexity index is 742. The maximum atomic E-state index is 12.2. The van der Waals surface area contributed by atoms with Crippen molar-refractivity contribution in [2.45, 2.75) is 39.3 Å². The summed E-state index contributed by atoms with van der Waals surface area (Å²) in [6.07, 6.45) is 2.04. The fraction of sp³-hybridized carbons (Fsp3) is 0.524. The van der Waals surface area contributed by atoms with Gasteiger partial charge in [0.15, 0.2) is 0 Å². The van der Waals surface area contributed by atoms with E-state index in [2.05, 4.69) is 46.5 Å². The highest BCUT2D eigenvalue weighted by atomic mass is 16.5. The number of amides is 1. The molecule has 3 rings (SSSR count). The topological polar surface area (TPSA) is 59.4 Å². The smallest absolute Gasteiger partial charge is 0.220 e. The Morgan fingerprint density at radius 1 is 1.33 bits per heavy atom. The van der Waals surface area contributed by atoms with Crippen LogP contribution in [0, 0.1) is 0 Å². The predicted octanol–water partition coefficient (Wildman–Crippen LogP) is 2.06. The van der Waals surface area contributed by atoms with Crippen LogP contribution < -0.4 is 5.32 Å². The second kappa shape index (κ2) is 9.67. The average molecular weight is 370 g/mol. The molecule has 1 N–H and O–H groups in total. The molecule has 2 heterocycles. The molecule has 6 nitrogen and oxygen atoms in total. The van der Waals surface area contributed by atoms with Crippen molar-refractivity contribution in [3.05, 3.63) is 52.8 Å². The number of rotatable bonds is 9. The lowest BCUT2D eigenvalue weighted by molar-refractivity contribution is -0.121. The maximum absolute atomic E-state index is 12.2. The number of carbonyl (C=O) groups excluding carboxylic acids is 1. The minimum Gasteiger partial charge on any atom is -0.376 e. The van der Waals surface area contributed by atoms with Crippen molar-refractivity contribution >= 4 is 5.91 Å². The first kappa shape index (κ1) is 19.6. The number of hydrogen-bond acceptors (Lipinski definition) is 4. The van der Waals surface area contributed by atoms with Gasteiger partial charge < -0.3 is 10.1 Å². The Morgan fingerprint density at radius 2 is 2.15 bits per heavy atom. The molecule has 146 valence electrons. The molecular formula is C21H30N4O2. The Kier molecular flexibility index (Phi) is 7.01. The van der Waals surface area contributed by atoms with Crippen LogP contribution in [-0.2, 0) is 42.6 Å². The summed E-state index contributed by atoms with van der Waals surface area (Å²) in [6, 6.07) is 10.4. The zero-order valence-corrected chi connectivity index (χ0v) is 16.4. The van der Waals surface area contributed by atoms with Gasteiger partial charge in [-0.1, -0.05) is 37.3 Å². The number of aryl methyl sites for hydroxylation is 2. The van der Waals surface area contributed by atoms with Crippen LogP contribution in [0.15, 0.2) is 30.3 Å². The van der Waals surface area contributed by atoms with Crippen LogP contribution in [0.4, 0.5) is 0 Å². The molecule has 0 saturated heterocycles. The quantitative estimate of drug-likeness (QED) is 0.734. The van der Waals surface area contributed by atoms with Crippen LogP contribution in [0.2, 0.25) is 0 Å². The predicted molar refractivity (Wildman–Crippen MR) is 105 cm³/mol. The van der Waals surface area contributed by atoms with Crippen molar-refractivity contribution in [1.82, 2.24) is 20.0 Å². The first-order valence-corrected chi connectivity index (χ1v) is 9.81. The lowest BCUT2D eigenvalue weighted by Crippen LogP contribution is -2.34. The second-order valence-corrected chi connectivity index (χ2v) is 7.00. The van der Waals surface area contributed by atoms with Gasteiger partial charge in [-0.2, -0.15) is 5.10 Å². The van der Waals surface area contributed by atoms with Gasteiger partial charge in [-0.3, -0.25) is 14.4 Å². The lowest BCUT2D eigenvalue weighted by Gasteiger charge is -2.20. The summed E-state index contributed by atoms with van der Waals surface area (Å²) in [5.74, 6) is 0.0851. The molecule has 1 aromatic carbocycles. The summed E-state index contributed by atoms with van der Waals surface area (Å²) in [5, 5.41) is 7.63. The molecule has 1 aliphatic rings. The van der Waals surface area contributed by atoms with Crippen LogP contribution in [0.1, 0.15) is 35.9 Å². The summed E-state index contributed by atoms with van der Waals surface area (Å²) in [4.78, 5) is 14.6.